The van der Waals surface area contributed by atoms with Crippen LogP contribution in [-0.2, 0) is 19.4 Å². The van der Waals surface area contributed by atoms with Crippen molar-refractivity contribution in [3.05, 3.63) is 87.9 Å². The third-order valence-corrected chi connectivity index (χ3v) is 6.80. The predicted molar refractivity (Wildman–Crippen MR) is 120 cm³/mol. The first-order chi connectivity index (χ1) is 14.3. The van der Waals surface area contributed by atoms with E-state index in [-0.39, 0.29) is 0 Å². The van der Waals surface area contributed by atoms with Crippen LogP contribution < -0.4 is 0 Å². The van der Waals surface area contributed by atoms with Crippen LogP contribution in [0.2, 0.25) is 0 Å². The molecule has 3 nitrogen and oxygen atoms in total. The van der Waals surface area contributed by atoms with Crippen LogP contribution >= 0.6 is 11.3 Å². The lowest BCUT2D eigenvalue weighted by molar-refractivity contribution is 0.696. The highest BCUT2D eigenvalue weighted by molar-refractivity contribution is 7.16. The molecule has 1 aliphatic rings. The molecule has 0 fully saturated rings. The number of aromatic nitrogens is 1. The third-order valence-electron chi connectivity index (χ3n) is 5.60. The monoisotopic (exact) mass is 395 g/mol. The summed E-state index contributed by atoms with van der Waals surface area (Å²) in [5, 5.41) is 11.7. The van der Waals surface area contributed by atoms with Crippen molar-refractivity contribution in [1.82, 2.24) is 4.57 Å². The number of para-hydroxylation sites is 1. The van der Waals surface area contributed by atoms with Crippen LogP contribution in [0.5, 0.6) is 0 Å². The molecule has 5 rings (SSSR count). The number of hydrogen-bond donors (Lipinski definition) is 0. The van der Waals surface area contributed by atoms with Crippen molar-refractivity contribution < 1.29 is 0 Å². The Balaban J connectivity index is 1.53. The SMILES string of the molecule is N#Cc1c(N=Cc2cn(Cc3ccccc3)c3ccccc23)sc2c1CCCC2. The number of aliphatic imine (C=N–C) groups is 1. The van der Waals surface area contributed by atoms with E-state index < -0.39 is 0 Å². The van der Waals surface area contributed by atoms with Gasteiger partial charge in [-0.25, -0.2) is 4.99 Å². The van der Waals surface area contributed by atoms with Crippen LogP contribution in [0.4, 0.5) is 5.00 Å². The molecule has 0 N–H and O–H groups in total. The maximum atomic E-state index is 9.68. The zero-order valence-corrected chi connectivity index (χ0v) is 17.0. The highest BCUT2D eigenvalue weighted by atomic mass is 32.1. The Hall–Kier alpha value is -3.16. The summed E-state index contributed by atoms with van der Waals surface area (Å²) in [6.45, 7) is 0.825. The summed E-state index contributed by atoms with van der Waals surface area (Å²) < 4.78 is 2.27. The number of aryl methyl sites for hydroxylation is 1. The fourth-order valence-electron chi connectivity index (χ4n) is 4.17. The first-order valence-corrected chi connectivity index (χ1v) is 10.9. The number of hydrogen-bond acceptors (Lipinski definition) is 3. The molecule has 0 spiro atoms. The van der Waals surface area contributed by atoms with Crippen molar-refractivity contribution in [2.75, 3.05) is 0 Å². The fourth-order valence-corrected chi connectivity index (χ4v) is 5.36. The van der Waals surface area contributed by atoms with E-state index in [4.69, 9.17) is 4.99 Å². The van der Waals surface area contributed by atoms with Crippen LogP contribution in [0, 0.1) is 11.3 Å². The minimum absolute atomic E-state index is 0.786. The van der Waals surface area contributed by atoms with E-state index >= 15 is 0 Å². The number of rotatable bonds is 4. The highest BCUT2D eigenvalue weighted by Crippen LogP contribution is 2.39. The molecule has 0 bridgehead atoms. The van der Waals surface area contributed by atoms with Crippen molar-refractivity contribution in [2.45, 2.75) is 32.2 Å². The minimum Gasteiger partial charge on any atom is -0.342 e. The Morgan fingerprint density at radius 2 is 1.83 bits per heavy atom. The van der Waals surface area contributed by atoms with E-state index in [1.807, 2.05) is 12.3 Å². The molecular weight excluding hydrogens is 374 g/mol. The minimum atomic E-state index is 0.786. The van der Waals surface area contributed by atoms with Crippen LogP contribution in [-0.4, -0.2) is 10.8 Å². The highest BCUT2D eigenvalue weighted by Gasteiger charge is 2.20. The summed E-state index contributed by atoms with van der Waals surface area (Å²) in [5.74, 6) is 0. The maximum Gasteiger partial charge on any atom is 0.134 e. The summed E-state index contributed by atoms with van der Waals surface area (Å²) in [7, 11) is 0. The van der Waals surface area contributed by atoms with Crippen molar-refractivity contribution in [2.24, 2.45) is 4.99 Å². The van der Waals surface area contributed by atoms with Crippen LogP contribution in [0.25, 0.3) is 10.9 Å². The lowest BCUT2D eigenvalue weighted by atomic mass is 9.96. The van der Waals surface area contributed by atoms with Gasteiger partial charge in [0, 0.05) is 40.3 Å². The van der Waals surface area contributed by atoms with Gasteiger partial charge in [-0.15, -0.1) is 11.3 Å². The van der Waals surface area contributed by atoms with Crippen molar-refractivity contribution in [1.29, 1.82) is 5.26 Å². The molecular formula is C25H21N3S. The van der Waals surface area contributed by atoms with Crippen molar-refractivity contribution >= 4 is 33.5 Å². The molecule has 0 saturated heterocycles. The number of benzene rings is 2. The molecule has 2 aromatic heterocycles. The quantitative estimate of drug-likeness (QED) is 0.376. The van der Waals surface area contributed by atoms with Gasteiger partial charge in [0.05, 0.1) is 5.56 Å². The molecule has 0 radical (unpaired) electrons. The third kappa shape index (κ3) is 3.39. The molecule has 2 aromatic carbocycles. The van der Waals surface area contributed by atoms with Gasteiger partial charge in [0.15, 0.2) is 0 Å². The molecule has 29 heavy (non-hydrogen) atoms. The second-order valence-corrected chi connectivity index (χ2v) is 8.56. The van der Waals surface area contributed by atoms with Gasteiger partial charge in [0.25, 0.3) is 0 Å². The molecule has 4 heteroatoms. The summed E-state index contributed by atoms with van der Waals surface area (Å²) in [5.41, 5.74) is 5.58. The topological polar surface area (TPSA) is 41.1 Å². The number of thiophene rings is 1. The number of fused-ring (bicyclic) bond motifs is 2. The van der Waals surface area contributed by atoms with Gasteiger partial charge in [-0.2, -0.15) is 5.26 Å². The molecule has 0 aliphatic heterocycles. The summed E-state index contributed by atoms with van der Waals surface area (Å²) in [6, 6.07) is 21.3. The summed E-state index contributed by atoms with van der Waals surface area (Å²) in [4.78, 5) is 6.13. The average molecular weight is 396 g/mol. The number of nitriles is 1. The van der Waals surface area contributed by atoms with E-state index in [9.17, 15) is 5.26 Å². The van der Waals surface area contributed by atoms with E-state index in [1.165, 1.54) is 39.7 Å². The fraction of sp³-hybridized carbons (Fsp3) is 0.200. The van der Waals surface area contributed by atoms with Crippen LogP contribution in [0.1, 0.15) is 40.0 Å². The number of nitrogens with zero attached hydrogens (tertiary/aromatic N) is 3. The molecule has 0 unspecified atom stereocenters. The molecule has 4 aromatic rings. The van der Waals surface area contributed by atoms with Crippen LogP contribution in [0.3, 0.4) is 0 Å². The molecule has 0 atom stereocenters. The lowest BCUT2D eigenvalue weighted by Crippen LogP contribution is -1.99. The molecule has 1 aliphatic carbocycles. The Morgan fingerprint density at radius 3 is 2.69 bits per heavy atom. The summed E-state index contributed by atoms with van der Waals surface area (Å²) >= 11 is 1.69. The van der Waals surface area contributed by atoms with Gasteiger partial charge in [-0.05, 0) is 42.9 Å². The van der Waals surface area contributed by atoms with Gasteiger partial charge in [0.2, 0.25) is 0 Å². The largest absolute Gasteiger partial charge is 0.342 e. The average Bonchev–Trinajstić information content (AvgIpc) is 3.31. The smallest absolute Gasteiger partial charge is 0.134 e. The van der Waals surface area contributed by atoms with Crippen molar-refractivity contribution in [3.63, 3.8) is 0 Å². The predicted octanol–water partition coefficient (Wildman–Crippen LogP) is 6.25. The van der Waals surface area contributed by atoms with E-state index in [1.54, 1.807) is 11.3 Å². The van der Waals surface area contributed by atoms with E-state index in [0.29, 0.717) is 0 Å². The van der Waals surface area contributed by atoms with E-state index in [2.05, 4.69) is 65.4 Å². The Labute approximate surface area is 174 Å². The Kier molecular flexibility index (Phi) is 4.75. The zero-order valence-electron chi connectivity index (χ0n) is 16.1. The Bertz CT molecular complexity index is 1240. The van der Waals surface area contributed by atoms with Gasteiger partial charge in [0.1, 0.15) is 11.1 Å². The summed E-state index contributed by atoms with van der Waals surface area (Å²) in [6.07, 6.45) is 8.59. The lowest BCUT2D eigenvalue weighted by Gasteiger charge is -2.09. The normalized spacial score (nSPS) is 13.6. The van der Waals surface area contributed by atoms with E-state index in [0.717, 1.165) is 35.5 Å². The molecule has 0 amide bonds. The van der Waals surface area contributed by atoms with Gasteiger partial charge in [-0.1, -0.05) is 48.5 Å². The first-order valence-electron chi connectivity index (χ1n) is 10.0. The zero-order chi connectivity index (χ0) is 19.6. The van der Waals surface area contributed by atoms with Gasteiger partial charge < -0.3 is 4.57 Å². The molecule has 2 heterocycles. The second-order valence-electron chi connectivity index (χ2n) is 7.48. The molecule has 142 valence electrons. The standard InChI is InChI=1S/C25H21N3S/c26-14-22-21-11-5-7-13-24(21)29-25(22)27-15-19-17-28(16-18-8-2-1-3-9-18)23-12-6-4-10-20(19)23/h1-4,6,8-10,12,15,17H,5,7,11,13,16H2. The van der Waals surface area contributed by atoms with Gasteiger partial charge in [-0.3, -0.25) is 0 Å². The van der Waals surface area contributed by atoms with Gasteiger partial charge >= 0.3 is 0 Å². The Morgan fingerprint density at radius 1 is 1.03 bits per heavy atom. The maximum absolute atomic E-state index is 9.68. The van der Waals surface area contributed by atoms with Crippen molar-refractivity contribution in [3.8, 4) is 6.07 Å². The molecule has 0 saturated carbocycles. The second kappa shape index (κ2) is 7.69. The van der Waals surface area contributed by atoms with Crippen LogP contribution in [0.15, 0.2) is 65.8 Å². The first kappa shape index (κ1) is 17.9.